The fraction of sp³-hybridized carbons (Fsp3) is 0.667. The average Bonchev–Trinajstić information content (AvgIpc) is 2.80. The number of aliphatic imine (C=N–C) groups is 1. The zero-order valence-corrected chi connectivity index (χ0v) is 13.1. The minimum Gasteiger partial charge on any atom is -0.357 e. The molecule has 1 aliphatic heterocycles. The second kappa shape index (κ2) is 6.94. The Balaban J connectivity index is 2.04. The third-order valence-corrected chi connectivity index (χ3v) is 4.64. The Labute approximate surface area is 120 Å². The van der Waals surface area contributed by atoms with E-state index in [1.165, 1.54) is 23.3 Å². The summed E-state index contributed by atoms with van der Waals surface area (Å²) in [5.74, 6) is 1.86. The van der Waals surface area contributed by atoms with Crippen LogP contribution in [0, 0.1) is 12.8 Å². The normalized spacial score (nSPS) is 20.7. The lowest BCUT2D eigenvalue weighted by Gasteiger charge is -2.33. The molecular formula is C15H25N3S. The lowest BCUT2D eigenvalue weighted by atomic mass is 10.0. The van der Waals surface area contributed by atoms with Gasteiger partial charge in [-0.05, 0) is 49.6 Å². The highest BCUT2D eigenvalue weighted by molar-refractivity contribution is 7.10. The molecule has 4 heteroatoms. The van der Waals surface area contributed by atoms with E-state index in [-0.39, 0.29) is 0 Å². The van der Waals surface area contributed by atoms with Gasteiger partial charge in [-0.2, -0.15) is 0 Å². The van der Waals surface area contributed by atoms with Crippen LogP contribution in [0.25, 0.3) is 0 Å². The highest BCUT2D eigenvalue weighted by atomic mass is 32.1. The van der Waals surface area contributed by atoms with Crippen molar-refractivity contribution in [2.45, 2.75) is 40.2 Å². The molecule has 0 bridgehead atoms. The van der Waals surface area contributed by atoms with Gasteiger partial charge in [0.1, 0.15) is 0 Å². The van der Waals surface area contributed by atoms with Crippen LogP contribution in [-0.4, -0.2) is 30.5 Å². The van der Waals surface area contributed by atoms with Gasteiger partial charge in [-0.3, -0.25) is 0 Å². The van der Waals surface area contributed by atoms with Gasteiger partial charge in [0.25, 0.3) is 0 Å². The first-order valence-electron chi connectivity index (χ1n) is 7.27. The molecule has 1 fully saturated rings. The molecule has 0 amide bonds. The van der Waals surface area contributed by atoms with Crippen LogP contribution >= 0.6 is 11.3 Å². The van der Waals surface area contributed by atoms with Crippen molar-refractivity contribution in [3.8, 4) is 0 Å². The van der Waals surface area contributed by atoms with E-state index in [2.05, 4.69) is 42.4 Å². The molecule has 0 aromatic carbocycles. The van der Waals surface area contributed by atoms with Crippen LogP contribution < -0.4 is 5.32 Å². The molecule has 0 radical (unpaired) electrons. The van der Waals surface area contributed by atoms with E-state index in [4.69, 9.17) is 4.99 Å². The highest BCUT2D eigenvalue weighted by Crippen LogP contribution is 2.18. The van der Waals surface area contributed by atoms with Gasteiger partial charge >= 0.3 is 0 Å². The molecule has 3 nitrogen and oxygen atoms in total. The molecule has 0 saturated carbocycles. The number of thiophene rings is 1. The maximum Gasteiger partial charge on any atom is 0.194 e. The van der Waals surface area contributed by atoms with Crippen LogP contribution in [-0.2, 0) is 6.54 Å². The van der Waals surface area contributed by atoms with Gasteiger partial charge in [0.05, 0.1) is 6.54 Å². The first-order chi connectivity index (χ1) is 9.20. The summed E-state index contributed by atoms with van der Waals surface area (Å²) in [6.45, 7) is 10.6. The summed E-state index contributed by atoms with van der Waals surface area (Å²) in [6, 6.07) is 2.17. The van der Waals surface area contributed by atoms with E-state index < -0.39 is 0 Å². The number of nitrogens with one attached hydrogen (secondary N) is 1. The van der Waals surface area contributed by atoms with Crippen molar-refractivity contribution in [2.24, 2.45) is 10.9 Å². The molecule has 2 rings (SSSR count). The summed E-state index contributed by atoms with van der Waals surface area (Å²) in [5, 5.41) is 5.58. The Kier molecular flexibility index (Phi) is 5.25. The third kappa shape index (κ3) is 3.96. The number of guanidine groups is 1. The molecule has 0 aliphatic carbocycles. The quantitative estimate of drug-likeness (QED) is 0.679. The largest absolute Gasteiger partial charge is 0.357 e. The molecule has 106 valence electrons. The van der Waals surface area contributed by atoms with Crippen LogP contribution in [0.2, 0.25) is 0 Å². The van der Waals surface area contributed by atoms with Crippen LogP contribution in [0.4, 0.5) is 0 Å². The number of aryl methyl sites for hydroxylation is 1. The molecule has 1 unspecified atom stereocenters. The number of hydrogen-bond acceptors (Lipinski definition) is 2. The van der Waals surface area contributed by atoms with Crippen LogP contribution in [0.1, 0.15) is 37.1 Å². The lowest BCUT2D eigenvalue weighted by molar-refractivity contribution is 0.266. The Morgan fingerprint density at radius 1 is 1.58 bits per heavy atom. The van der Waals surface area contributed by atoms with Gasteiger partial charge in [0.2, 0.25) is 0 Å². The van der Waals surface area contributed by atoms with E-state index in [0.29, 0.717) is 0 Å². The predicted octanol–water partition coefficient (Wildman–Crippen LogP) is 3.25. The van der Waals surface area contributed by atoms with E-state index in [0.717, 1.165) is 38.1 Å². The van der Waals surface area contributed by atoms with Gasteiger partial charge in [0, 0.05) is 24.5 Å². The number of piperidine rings is 1. The maximum absolute atomic E-state index is 4.82. The summed E-state index contributed by atoms with van der Waals surface area (Å²) < 4.78 is 0. The topological polar surface area (TPSA) is 27.6 Å². The first-order valence-corrected chi connectivity index (χ1v) is 8.15. The Morgan fingerprint density at radius 2 is 2.42 bits per heavy atom. The molecule has 0 spiro atoms. The molecule has 19 heavy (non-hydrogen) atoms. The van der Waals surface area contributed by atoms with Gasteiger partial charge < -0.3 is 10.2 Å². The standard InChI is InChI=1S/C15H25N3S/c1-4-16-15(18-8-5-6-12(2)11-18)17-10-14-13(3)7-9-19-14/h7,9,12H,4-6,8,10-11H2,1-3H3,(H,16,17). The van der Waals surface area contributed by atoms with E-state index in [9.17, 15) is 0 Å². The molecule has 1 aliphatic rings. The fourth-order valence-corrected chi connectivity index (χ4v) is 3.35. The number of hydrogen-bond donors (Lipinski definition) is 1. The molecule has 1 aromatic rings. The Morgan fingerprint density at radius 3 is 3.05 bits per heavy atom. The summed E-state index contributed by atoms with van der Waals surface area (Å²) in [5.41, 5.74) is 1.36. The van der Waals surface area contributed by atoms with Crippen LogP contribution in [0.5, 0.6) is 0 Å². The van der Waals surface area contributed by atoms with Gasteiger partial charge in [-0.1, -0.05) is 6.92 Å². The van der Waals surface area contributed by atoms with Gasteiger partial charge in [-0.15, -0.1) is 11.3 Å². The Bertz CT molecular complexity index is 425. The highest BCUT2D eigenvalue weighted by Gasteiger charge is 2.19. The van der Waals surface area contributed by atoms with Crippen molar-refractivity contribution in [3.63, 3.8) is 0 Å². The van der Waals surface area contributed by atoms with E-state index in [1.54, 1.807) is 11.3 Å². The SMILES string of the molecule is CCNC(=NCc1sccc1C)N1CCCC(C)C1. The summed E-state index contributed by atoms with van der Waals surface area (Å²) in [4.78, 5) is 8.61. The molecule has 1 N–H and O–H groups in total. The van der Waals surface area contributed by atoms with Gasteiger partial charge in [-0.25, -0.2) is 4.99 Å². The molecular weight excluding hydrogens is 254 g/mol. The average molecular weight is 279 g/mol. The third-order valence-electron chi connectivity index (χ3n) is 3.63. The molecule has 2 heterocycles. The minimum atomic E-state index is 0.779. The predicted molar refractivity (Wildman–Crippen MR) is 83.8 cm³/mol. The molecule has 1 atom stereocenters. The van der Waals surface area contributed by atoms with E-state index in [1.807, 2.05) is 0 Å². The summed E-state index contributed by atoms with van der Waals surface area (Å²) in [6.07, 6.45) is 2.63. The second-order valence-electron chi connectivity index (χ2n) is 5.39. The number of likely N-dealkylation sites (tertiary alicyclic amines) is 1. The zero-order chi connectivity index (χ0) is 13.7. The van der Waals surface area contributed by atoms with Crippen molar-refractivity contribution in [1.82, 2.24) is 10.2 Å². The summed E-state index contributed by atoms with van der Waals surface area (Å²) >= 11 is 1.80. The van der Waals surface area contributed by atoms with Crippen molar-refractivity contribution in [2.75, 3.05) is 19.6 Å². The Hall–Kier alpha value is -1.03. The number of nitrogens with zero attached hydrogens (tertiary/aromatic N) is 2. The van der Waals surface area contributed by atoms with Crippen molar-refractivity contribution in [1.29, 1.82) is 0 Å². The monoisotopic (exact) mass is 279 g/mol. The summed E-state index contributed by atoms with van der Waals surface area (Å²) in [7, 11) is 0. The fourth-order valence-electron chi connectivity index (χ4n) is 2.52. The lowest BCUT2D eigenvalue weighted by Crippen LogP contribution is -2.46. The molecule has 1 saturated heterocycles. The van der Waals surface area contributed by atoms with Gasteiger partial charge in [0.15, 0.2) is 5.96 Å². The van der Waals surface area contributed by atoms with Crippen molar-refractivity contribution in [3.05, 3.63) is 21.9 Å². The van der Waals surface area contributed by atoms with Crippen molar-refractivity contribution >= 4 is 17.3 Å². The smallest absolute Gasteiger partial charge is 0.194 e. The first kappa shape index (κ1) is 14.4. The van der Waals surface area contributed by atoms with Crippen molar-refractivity contribution < 1.29 is 0 Å². The van der Waals surface area contributed by atoms with Crippen LogP contribution in [0.3, 0.4) is 0 Å². The zero-order valence-electron chi connectivity index (χ0n) is 12.3. The minimum absolute atomic E-state index is 0.779. The molecule has 1 aromatic heterocycles. The number of rotatable bonds is 3. The van der Waals surface area contributed by atoms with Crippen LogP contribution in [0.15, 0.2) is 16.4 Å². The second-order valence-corrected chi connectivity index (χ2v) is 6.39. The maximum atomic E-state index is 4.82. The van der Waals surface area contributed by atoms with E-state index >= 15 is 0 Å².